The van der Waals surface area contributed by atoms with Crippen LogP contribution in [0, 0.1) is 17.8 Å². The highest BCUT2D eigenvalue weighted by Gasteiger charge is 2.30. The van der Waals surface area contributed by atoms with Crippen molar-refractivity contribution >= 4 is 143 Å². The lowest BCUT2D eigenvalue weighted by Crippen LogP contribution is -2.35. The van der Waals surface area contributed by atoms with E-state index in [1.165, 1.54) is 81.9 Å². The summed E-state index contributed by atoms with van der Waals surface area (Å²) in [5, 5.41) is 9.28. The van der Waals surface area contributed by atoms with E-state index in [4.69, 9.17) is 0 Å². The van der Waals surface area contributed by atoms with Gasteiger partial charge in [0.15, 0.2) is 0 Å². The Balaban J connectivity index is 0.000000131. The molecule has 1 aliphatic carbocycles. The largest absolute Gasteiger partial charge is 0.341 e. The number of hydrogen-bond donors (Lipinski definition) is 3. The van der Waals surface area contributed by atoms with Crippen LogP contribution < -0.4 is 30.7 Å². The number of imidazole rings is 1. The minimum atomic E-state index is -0.370. The van der Waals surface area contributed by atoms with Gasteiger partial charge in [0.2, 0.25) is 17.8 Å². The first-order valence-corrected chi connectivity index (χ1v) is 36.8. The molecule has 0 spiro atoms. The van der Waals surface area contributed by atoms with Crippen LogP contribution in [0.4, 0.5) is 32.2 Å². The molecule has 5 aromatic heterocycles. The zero-order valence-corrected chi connectivity index (χ0v) is 57.3. The Hall–Kier alpha value is -8.84. The molecule has 0 radical (unpaired) electrons. The first kappa shape index (κ1) is 66.8. The van der Waals surface area contributed by atoms with Crippen LogP contribution in [-0.4, -0.2) is 112 Å². The van der Waals surface area contributed by atoms with Crippen LogP contribution >= 0.6 is 46.6 Å². The van der Waals surface area contributed by atoms with Gasteiger partial charge in [0.05, 0.1) is 49.2 Å². The molecular weight excluding hydrogens is 1300 g/mol. The average Bonchev–Trinajstić information content (AvgIpc) is 1.91. The van der Waals surface area contributed by atoms with E-state index in [-0.39, 0.29) is 33.4 Å². The number of allylic oxidation sites excluding steroid dienone is 1. The third-order valence-electron chi connectivity index (χ3n) is 18.8. The van der Waals surface area contributed by atoms with Gasteiger partial charge in [-0.15, -0.1) is 11.3 Å². The van der Waals surface area contributed by atoms with E-state index < -0.39 is 0 Å². The highest BCUT2D eigenvalue weighted by atomic mass is 32.2. The van der Waals surface area contributed by atoms with E-state index in [1.807, 2.05) is 13.4 Å². The van der Waals surface area contributed by atoms with E-state index in [2.05, 4.69) is 148 Å². The van der Waals surface area contributed by atoms with Crippen LogP contribution in [0.15, 0.2) is 130 Å². The molecule has 7 aliphatic rings. The molecule has 0 saturated carbocycles. The van der Waals surface area contributed by atoms with Gasteiger partial charge in [0.25, 0.3) is 33.4 Å². The molecule has 3 aromatic carbocycles. The fourth-order valence-electron chi connectivity index (χ4n) is 13.5. The Kier molecular flexibility index (Phi) is 21.7. The van der Waals surface area contributed by atoms with Crippen LogP contribution in [0.3, 0.4) is 0 Å². The summed E-state index contributed by atoms with van der Waals surface area (Å²) in [6.07, 6.45) is 35.1. The summed E-state index contributed by atoms with van der Waals surface area (Å²) in [6, 6.07) is 27.8. The Labute approximate surface area is 580 Å². The summed E-state index contributed by atoms with van der Waals surface area (Å²) in [4.78, 5) is 109. The van der Waals surface area contributed by atoms with Gasteiger partial charge >= 0.3 is 0 Å². The number of aromatic nitrogens is 8. The van der Waals surface area contributed by atoms with Crippen molar-refractivity contribution in [3.63, 3.8) is 0 Å². The number of amides is 6. The average molecular weight is 1370 g/mol. The van der Waals surface area contributed by atoms with E-state index in [1.54, 1.807) is 66.4 Å². The fourth-order valence-corrected chi connectivity index (χ4v) is 16.2. The molecule has 6 saturated heterocycles. The Morgan fingerprint density at radius 1 is 0.495 bits per heavy atom. The number of fused-ring (bicyclic) bond motifs is 3. The normalized spacial score (nSPS) is 18.9. The Bertz CT molecular complexity index is 4390. The molecule has 97 heavy (non-hydrogen) atoms. The van der Waals surface area contributed by atoms with Gasteiger partial charge in [-0.25, -0.2) is 34.9 Å². The topological polar surface area (TPSA) is 243 Å². The van der Waals surface area contributed by atoms with Crippen molar-refractivity contribution in [2.45, 2.75) is 103 Å². The Morgan fingerprint density at radius 3 is 1.38 bits per heavy atom. The number of piperidine rings is 3. The Morgan fingerprint density at radius 2 is 0.928 bits per heavy atom. The number of carbonyl (C=O) groups is 6. The molecule has 498 valence electrons. The molecule has 11 heterocycles. The first-order chi connectivity index (χ1) is 47.3. The molecule has 6 aliphatic heterocycles. The van der Waals surface area contributed by atoms with Gasteiger partial charge in [0, 0.05) is 69.6 Å². The highest BCUT2D eigenvalue weighted by Crippen LogP contribution is 2.33. The molecule has 0 atom stereocenters. The molecule has 20 nitrogen and oxygen atoms in total. The van der Waals surface area contributed by atoms with Crippen molar-refractivity contribution < 1.29 is 28.8 Å². The lowest BCUT2D eigenvalue weighted by atomic mass is 9.90. The number of benzene rings is 3. The second-order valence-electron chi connectivity index (χ2n) is 25.5. The maximum Gasteiger partial charge on any atom is 0.290 e. The predicted octanol–water partition coefficient (Wildman–Crippen LogP) is 13.8. The van der Waals surface area contributed by atoms with Crippen LogP contribution in [0.25, 0.3) is 45.4 Å². The zero-order valence-electron chi connectivity index (χ0n) is 54.1. The van der Waals surface area contributed by atoms with Gasteiger partial charge in [-0.1, -0.05) is 48.6 Å². The van der Waals surface area contributed by atoms with E-state index in [0.29, 0.717) is 49.6 Å². The molecule has 24 heteroatoms. The lowest BCUT2D eigenvalue weighted by Gasteiger charge is -2.32. The predicted molar refractivity (Wildman–Crippen MR) is 389 cm³/mol. The number of aryl methyl sites for hydroxylation is 4. The third-order valence-corrected chi connectivity index (χ3v) is 22.2. The minimum Gasteiger partial charge on any atom is -0.341 e. The molecular formula is C73H76N14O6S4. The monoisotopic (exact) mass is 1370 g/mol. The standard InChI is InChI=1S/C25H26N4O2S.C24H26N6O2S.C24H24N4O2S2/c30-23-22(32-25(31)28-23)16-21-9-12-26-24(27-21)29-13-10-17(11-14-29)3-1-4-18-7-8-19-5-2-6-20(19)15-18;1-29-15-26-19-13-17(5-6-20(19)29)4-2-3-16-8-11-30(12-9-16)23-25-10-7-18(27-23)14-21-22(31)28-24(32)33-21;29-22-21(32-24(30)27-22)15-19-6-10-25-23(26-19)28-11-7-16(8-12-28)2-1-3-17-4-5-20-18(14-17)9-13-31-20/h2,6-9,12,15-17H,1,3-5,10-11,13-14H2,(H,28,30,31);5-7,10,13-16H,2-4,8-9,11-12H2,1H3,(H,28,31,32);4-6,9-10,13-16H,1-3,7-8,11-12H2,(H,27,29,30)/b22-16-;21-14-;21-15-. The van der Waals surface area contributed by atoms with E-state index >= 15 is 0 Å². The number of nitrogens with one attached hydrogen (secondary N) is 3. The van der Waals surface area contributed by atoms with Gasteiger partial charge in [0.1, 0.15) is 0 Å². The number of nitrogens with zero attached hydrogens (tertiary/aromatic N) is 11. The van der Waals surface area contributed by atoms with Gasteiger partial charge in [-0.2, -0.15) is 0 Å². The number of anilines is 3. The summed E-state index contributed by atoms with van der Waals surface area (Å²) < 4.78 is 3.41. The molecule has 0 bridgehead atoms. The number of rotatable bonds is 18. The van der Waals surface area contributed by atoms with E-state index in [0.717, 1.165) is 162 Å². The van der Waals surface area contributed by atoms with Crippen LogP contribution in [-0.2, 0) is 47.1 Å². The van der Waals surface area contributed by atoms with E-state index in [9.17, 15) is 28.8 Å². The van der Waals surface area contributed by atoms with Gasteiger partial charge in [-0.3, -0.25) is 44.7 Å². The second kappa shape index (κ2) is 31.6. The van der Waals surface area contributed by atoms with Crippen molar-refractivity contribution in [3.05, 3.63) is 175 Å². The number of hydrogen-bond acceptors (Lipinski definition) is 20. The number of carbonyl (C=O) groups excluding carboxylic acids is 6. The fraction of sp³-hybridized carbons (Fsp3) is 0.356. The van der Waals surface area contributed by atoms with Gasteiger partial charge < -0.3 is 19.3 Å². The van der Waals surface area contributed by atoms with Gasteiger partial charge in [-0.05, 0) is 255 Å². The summed E-state index contributed by atoms with van der Waals surface area (Å²) >= 11 is 4.51. The smallest absolute Gasteiger partial charge is 0.290 e. The van der Waals surface area contributed by atoms with Crippen LogP contribution in [0.1, 0.15) is 122 Å². The number of imide groups is 3. The van der Waals surface area contributed by atoms with Crippen molar-refractivity contribution in [1.82, 2.24) is 55.4 Å². The highest BCUT2D eigenvalue weighted by molar-refractivity contribution is 8.19. The second-order valence-corrected chi connectivity index (χ2v) is 29.5. The number of thioether (sulfide) groups is 3. The molecule has 6 amide bonds. The molecule has 15 rings (SSSR count). The molecule has 6 fully saturated rings. The third kappa shape index (κ3) is 17.7. The molecule has 0 unspecified atom stereocenters. The van der Waals surface area contributed by atoms with Crippen molar-refractivity contribution in [3.8, 4) is 0 Å². The van der Waals surface area contributed by atoms with Crippen molar-refractivity contribution in [2.75, 3.05) is 54.0 Å². The quantitative estimate of drug-likeness (QED) is 0.0676. The molecule has 3 N–H and O–H groups in total. The van der Waals surface area contributed by atoms with Crippen molar-refractivity contribution in [2.24, 2.45) is 24.8 Å². The summed E-state index contributed by atoms with van der Waals surface area (Å²) in [6.45, 7) is 5.64. The van der Waals surface area contributed by atoms with Crippen LogP contribution in [0.5, 0.6) is 0 Å². The lowest BCUT2D eigenvalue weighted by molar-refractivity contribution is -0.116. The van der Waals surface area contributed by atoms with Crippen molar-refractivity contribution in [1.29, 1.82) is 0 Å². The first-order valence-electron chi connectivity index (χ1n) is 33.5. The van der Waals surface area contributed by atoms with Crippen LogP contribution in [0.2, 0.25) is 0 Å². The minimum absolute atomic E-state index is 0.342. The SMILES string of the molecule is Cn1cnc2cc(CCCC3CCN(c4nccc(/C=C5\SC(=O)NC5=O)n4)CC3)ccc21.O=C1NC(=O)/C(=C/c2ccnc(N3CCC(CCCc4ccc5c(c4)C=CC5)CC3)n2)S1.O=C1NC(=O)/C(=C/c2ccnc(N3CCC(CCCc4ccc5sccc5c4)CC3)n2)S1. The molecule has 8 aromatic rings. The summed E-state index contributed by atoms with van der Waals surface area (Å²) in [5.41, 5.74) is 11.3. The summed E-state index contributed by atoms with van der Waals surface area (Å²) in [5.74, 6) is 3.17. The zero-order chi connectivity index (χ0) is 66.6. The summed E-state index contributed by atoms with van der Waals surface area (Å²) in [7, 11) is 2.02. The maximum atomic E-state index is 11.8. The maximum absolute atomic E-state index is 11.8. The number of thiophene rings is 1.